The van der Waals surface area contributed by atoms with E-state index >= 15 is 0 Å². The van der Waals surface area contributed by atoms with E-state index in [4.69, 9.17) is 4.74 Å². The topological polar surface area (TPSA) is 105 Å². The number of nitrogens with one attached hydrogen (secondary N) is 2. The third-order valence-corrected chi connectivity index (χ3v) is 8.13. The smallest absolute Gasteiger partial charge is 0.307 e. The molecule has 0 saturated heterocycles. The molecule has 42 heavy (non-hydrogen) atoms. The van der Waals surface area contributed by atoms with Crippen molar-refractivity contribution in [3.8, 4) is 11.5 Å². The summed E-state index contributed by atoms with van der Waals surface area (Å²) in [4.78, 5) is 39.0. The molecule has 0 spiro atoms. The van der Waals surface area contributed by atoms with Crippen LogP contribution >= 0.6 is 11.8 Å². The van der Waals surface area contributed by atoms with Crippen molar-refractivity contribution in [1.82, 2.24) is 0 Å². The molecule has 1 aliphatic rings. The molecule has 0 bridgehead atoms. The van der Waals surface area contributed by atoms with Gasteiger partial charge in [-0.15, -0.1) is 11.8 Å². The molecule has 3 unspecified atom stereocenters. The van der Waals surface area contributed by atoms with Gasteiger partial charge in [-0.3, -0.25) is 14.4 Å². The van der Waals surface area contributed by atoms with Crippen LogP contribution in [0.1, 0.15) is 23.7 Å². The molecule has 1 aliphatic carbocycles. The number of carbonyl (C=O) groups is 3. The van der Waals surface area contributed by atoms with E-state index in [9.17, 15) is 19.5 Å². The number of benzene rings is 4. The highest BCUT2D eigenvalue weighted by molar-refractivity contribution is 8.00. The Morgan fingerprint density at radius 1 is 0.714 bits per heavy atom. The minimum absolute atomic E-state index is 0.198. The molecular weight excluding hydrogens is 548 g/mol. The number of hydrogen-bond acceptors (Lipinski definition) is 5. The molecule has 4 aromatic rings. The molecule has 3 N–H and O–H groups in total. The van der Waals surface area contributed by atoms with E-state index in [0.29, 0.717) is 30.0 Å². The molecule has 2 amide bonds. The second kappa shape index (κ2) is 13.7. The number of amides is 2. The van der Waals surface area contributed by atoms with Crippen molar-refractivity contribution in [2.45, 2.75) is 23.0 Å². The summed E-state index contributed by atoms with van der Waals surface area (Å²) < 4.78 is 5.85. The van der Waals surface area contributed by atoms with Crippen LogP contribution in [0.5, 0.6) is 11.5 Å². The lowest BCUT2D eigenvalue weighted by molar-refractivity contribution is -0.146. The fraction of sp³-hybridized carbons (Fsp3) is 0.147. The summed E-state index contributed by atoms with van der Waals surface area (Å²) in [6.07, 6.45) is 4.37. The third kappa shape index (κ3) is 7.47. The molecule has 4 aromatic carbocycles. The van der Waals surface area contributed by atoms with E-state index in [-0.39, 0.29) is 11.8 Å². The maximum Gasteiger partial charge on any atom is 0.307 e. The largest absolute Gasteiger partial charge is 0.481 e. The maximum absolute atomic E-state index is 13.6. The second-order valence-electron chi connectivity index (χ2n) is 9.85. The van der Waals surface area contributed by atoms with Crippen LogP contribution in [-0.2, 0) is 14.4 Å². The predicted molar refractivity (Wildman–Crippen MR) is 165 cm³/mol. The first kappa shape index (κ1) is 28.7. The number of ether oxygens (including phenoxy) is 1. The van der Waals surface area contributed by atoms with E-state index in [2.05, 4.69) is 10.6 Å². The van der Waals surface area contributed by atoms with Crippen molar-refractivity contribution in [3.63, 3.8) is 0 Å². The molecule has 8 heteroatoms. The number of carboxylic acid groups (broad SMARTS) is 1. The average molecular weight is 579 g/mol. The number of hydrogen-bond donors (Lipinski definition) is 3. The lowest BCUT2D eigenvalue weighted by Crippen LogP contribution is -2.34. The Morgan fingerprint density at radius 3 is 2.05 bits per heavy atom. The van der Waals surface area contributed by atoms with Gasteiger partial charge in [0, 0.05) is 16.3 Å². The molecule has 3 atom stereocenters. The van der Waals surface area contributed by atoms with Crippen LogP contribution < -0.4 is 15.4 Å². The summed E-state index contributed by atoms with van der Waals surface area (Å²) in [6, 6.07) is 33.4. The molecule has 7 nitrogen and oxygen atoms in total. The number of rotatable bonds is 10. The third-order valence-electron chi connectivity index (χ3n) is 6.88. The summed E-state index contributed by atoms with van der Waals surface area (Å²) in [5.41, 5.74) is 2.01. The van der Waals surface area contributed by atoms with Crippen LogP contribution in [0.3, 0.4) is 0 Å². The van der Waals surface area contributed by atoms with Crippen LogP contribution in [0, 0.1) is 11.8 Å². The van der Waals surface area contributed by atoms with Gasteiger partial charge in [-0.25, -0.2) is 0 Å². The molecular formula is C34H30N2O5S. The number of carboxylic acids is 1. The van der Waals surface area contributed by atoms with Gasteiger partial charge in [0.15, 0.2) is 0 Å². The maximum atomic E-state index is 13.6. The molecule has 0 aromatic heterocycles. The summed E-state index contributed by atoms with van der Waals surface area (Å²) in [6.45, 7) is 0. The summed E-state index contributed by atoms with van der Waals surface area (Å²) in [5.74, 6) is -1.51. The van der Waals surface area contributed by atoms with E-state index in [1.54, 1.807) is 42.5 Å². The average Bonchev–Trinajstić information content (AvgIpc) is 3.02. The fourth-order valence-corrected chi connectivity index (χ4v) is 5.82. The molecule has 212 valence electrons. The normalized spacial score (nSPS) is 16.7. The van der Waals surface area contributed by atoms with E-state index < -0.39 is 23.1 Å². The Hall–Kier alpha value is -4.82. The van der Waals surface area contributed by atoms with Crippen LogP contribution in [-0.4, -0.2) is 22.9 Å². The van der Waals surface area contributed by atoms with Crippen molar-refractivity contribution in [3.05, 3.63) is 127 Å². The Kier molecular flexibility index (Phi) is 9.36. The highest BCUT2D eigenvalue weighted by atomic mass is 32.2. The van der Waals surface area contributed by atoms with Gasteiger partial charge < -0.3 is 20.5 Å². The van der Waals surface area contributed by atoms with E-state index in [1.807, 2.05) is 78.9 Å². The van der Waals surface area contributed by atoms with Gasteiger partial charge in [0.2, 0.25) is 11.8 Å². The van der Waals surface area contributed by atoms with Gasteiger partial charge >= 0.3 is 5.97 Å². The minimum Gasteiger partial charge on any atom is -0.481 e. The first-order valence-electron chi connectivity index (χ1n) is 13.6. The number of allylic oxidation sites excluding steroid dienone is 2. The van der Waals surface area contributed by atoms with Crippen molar-refractivity contribution in [1.29, 1.82) is 0 Å². The van der Waals surface area contributed by atoms with Gasteiger partial charge in [-0.1, -0.05) is 66.7 Å². The van der Waals surface area contributed by atoms with Gasteiger partial charge in [0.1, 0.15) is 16.7 Å². The van der Waals surface area contributed by atoms with Gasteiger partial charge in [0.05, 0.1) is 11.8 Å². The lowest BCUT2D eigenvalue weighted by Gasteiger charge is -2.24. The zero-order chi connectivity index (χ0) is 29.3. The Bertz CT molecular complexity index is 1560. The summed E-state index contributed by atoms with van der Waals surface area (Å²) >= 11 is 1.36. The molecule has 0 fully saturated rings. The lowest BCUT2D eigenvalue weighted by atomic mass is 9.82. The molecule has 0 saturated carbocycles. The molecule has 0 heterocycles. The van der Waals surface area contributed by atoms with Gasteiger partial charge in [-0.05, 0) is 73.0 Å². The van der Waals surface area contributed by atoms with E-state index in [1.165, 1.54) is 11.8 Å². The van der Waals surface area contributed by atoms with Crippen LogP contribution in [0.4, 0.5) is 11.4 Å². The Labute approximate surface area is 248 Å². The number of aliphatic carboxylic acids is 1. The zero-order valence-corrected chi connectivity index (χ0v) is 23.5. The van der Waals surface area contributed by atoms with E-state index in [0.717, 1.165) is 16.2 Å². The van der Waals surface area contributed by atoms with Crippen molar-refractivity contribution < 1.29 is 24.2 Å². The minimum atomic E-state index is -0.973. The molecule has 0 aliphatic heterocycles. The van der Waals surface area contributed by atoms with Gasteiger partial charge in [-0.2, -0.15) is 0 Å². The first-order valence-corrected chi connectivity index (χ1v) is 14.5. The molecule has 0 radical (unpaired) electrons. The number of para-hydroxylation sites is 1. The van der Waals surface area contributed by atoms with Crippen LogP contribution in [0.2, 0.25) is 0 Å². The second-order valence-corrected chi connectivity index (χ2v) is 11.0. The van der Waals surface area contributed by atoms with Crippen molar-refractivity contribution in [2.75, 3.05) is 10.6 Å². The number of thioether (sulfide) groups is 1. The quantitative estimate of drug-likeness (QED) is 0.133. The Balaban J connectivity index is 1.28. The summed E-state index contributed by atoms with van der Waals surface area (Å²) in [5, 5.41) is 14.9. The zero-order valence-electron chi connectivity index (χ0n) is 22.7. The number of carbonyl (C=O) groups excluding carboxylic acids is 2. The summed E-state index contributed by atoms with van der Waals surface area (Å²) in [7, 11) is 0. The van der Waals surface area contributed by atoms with Crippen molar-refractivity contribution >= 4 is 40.9 Å². The van der Waals surface area contributed by atoms with Gasteiger partial charge in [0.25, 0.3) is 0 Å². The molecule has 5 rings (SSSR count). The predicted octanol–water partition coefficient (Wildman–Crippen LogP) is 7.56. The van der Waals surface area contributed by atoms with Crippen LogP contribution in [0.15, 0.2) is 126 Å². The SMILES string of the molecule is O=C(Nc1ccc(Oc2ccccc2)cc1)C(Sc1cccc(NC(=O)C2CC=CCC2C(=O)O)c1)c1ccccc1. The fourth-order valence-electron chi connectivity index (χ4n) is 4.73. The highest BCUT2D eigenvalue weighted by Crippen LogP contribution is 2.38. The Morgan fingerprint density at radius 2 is 1.36 bits per heavy atom. The van der Waals surface area contributed by atoms with Crippen LogP contribution in [0.25, 0.3) is 0 Å². The highest BCUT2D eigenvalue weighted by Gasteiger charge is 2.34. The monoisotopic (exact) mass is 578 g/mol. The van der Waals surface area contributed by atoms with Crippen molar-refractivity contribution in [2.24, 2.45) is 11.8 Å². The first-order chi connectivity index (χ1) is 20.5. The standard InChI is InChI=1S/C34H30N2O5S/c37-32(29-16-7-8-17-30(29)34(39)40)36-25-12-9-15-28(22-25)42-31(23-10-3-1-4-11-23)33(38)35-24-18-20-27(21-19-24)41-26-13-5-2-6-14-26/h1-15,18-22,29-31H,16-17H2,(H,35,38)(H,36,37)(H,39,40). The number of anilines is 2.